The van der Waals surface area contributed by atoms with Gasteiger partial charge in [-0.25, -0.2) is 0 Å². The van der Waals surface area contributed by atoms with E-state index in [1.165, 1.54) is 11.3 Å². The van der Waals surface area contributed by atoms with Crippen molar-refractivity contribution in [2.75, 3.05) is 25.1 Å². The quantitative estimate of drug-likeness (QED) is 0.738. The van der Waals surface area contributed by atoms with Crippen molar-refractivity contribution < 1.29 is 9.47 Å². The molecule has 18 heavy (non-hydrogen) atoms. The van der Waals surface area contributed by atoms with Crippen LogP contribution < -0.4 is 5.32 Å². The fourth-order valence-corrected chi connectivity index (χ4v) is 1.88. The van der Waals surface area contributed by atoms with Crippen LogP contribution in [0.3, 0.4) is 0 Å². The van der Waals surface area contributed by atoms with Crippen molar-refractivity contribution in [3.63, 3.8) is 0 Å². The van der Waals surface area contributed by atoms with E-state index in [2.05, 4.69) is 22.4 Å². The lowest BCUT2D eigenvalue weighted by molar-refractivity contribution is -0.0377. The zero-order valence-corrected chi connectivity index (χ0v) is 12.5. The molecule has 0 bridgehead atoms. The Labute approximate surface area is 113 Å². The molecular weight excluding hydrogens is 250 g/mol. The molecule has 1 rings (SSSR count). The number of rotatable bonds is 8. The Balaban J connectivity index is 2.13. The van der Waals surface area contributed by atoms with Crippen LogP contribution in [-0.4, -0.2) is 35.6 Å². The van der Waals surface area contributed by atoms with Crippen molar-refractivity contribution in [2.45, 2.75) is 46.3 Å². The lowest BCUT2D eigenvalue weighted by Crippen LogP contribution is -2.21. The first-order chi connectivity index (χ1) is 8.51. The van der Waals surface area contributed by atoms with E-state index in [4.69, 9.17) is 9.47 Å². The monoisotopic (exact) mass is 273 g/mol. The predicted molar refractivity (Wildman–Crippen MR) is 74.1 cm³/mol. The normalized spacial score (nSPS) is 11.8. The number of nitrogens with zero attached hydrogens (tertiary/aromatic N) is 2. The molecule has 6 heteroatoms. The minimum absolute atomic E-state index is 0.108. The van der Waals surface area contributed by atoms with E-state index < -0.39 is 0 Å². The first-order valence-corrected chi connectivity index (χ1v) is 7.11. The van der Waals surface area contributed by atoms with Crippen molar-refractivity contribution >= 4 is 16.5 Å². The van der Waals surface area contributed by atoms with Gasteiger partial charge in [0.1, 0.15) is 11.6 Å². The van der Waals surface area contributed by atoms with Crippen LogP contribution in [0.25, 0.3) is 0 Å². The van der Waals surface area contributed by atoms with Gasteiger partial charge in [0.15, 0.2) is 0 Å². The molecule has 0 aliphatic carbocycles. The van der Waals surface area contributed by atoms with Gasteiger partial charge in [0.25, 0.3) is 0 Å². The summed E-state index contributed by atoms with van der Waals surface area (Å²) in [5.74, 6) is 0. The van der Waals surface area contributed by atoms with Gasteiger partial charge in [-0.3, -0.25) is 0 Å². The lowest BCUT2D eigenvalue weighted by atomic mass is 10.2. The number of aromatic nitrogens is 2. The van der Waals surface area contributed by atoms with Gasteiger partial charge in [-0.15, -0.1) is 10.2 Å². The minimum atomic E-state index is -0.108. The topological polar surface area (TPSA) is 56.3 Å². The van der Waals surface area contributed by atoms with Gasteiger partial charge in [0, 0.05) is 6.54 Å². The predicted octanol–water partition coefficient (Wildman–Crippen LogP) is 2.69. The summed E-state index contributed by atoms with van der Waals surface area (Å²) in [6.07, 6.45) is 1.08. The van der Waals surface area contributed by atoms with Gasteiger partial charge in [-0.1, -0.05) is 18.3 Å². The van der Waals surface area contributed by atoms with Gasteiger partial charge in [0.2, 0.25) is 5.13 Å². The van der Waals surface area contributed by atoms with Crippen molar-refractivity contribution in [1.29, 1.82) is 0 Å². The molecule has 104 valence electrons. The molecule has 0 radical (unpaired) electrons. The van der Waals surface area contributed by atoms with Crippen LogP contribution in [0.4, 0.5) is 5.13 Å². The fraction of sp³-hybridized carbons (Fsp3) is 0.833. The first kappa shape index (κ1) is 15.3. The molecule has 0 saturated heterocycles. The Morgan fingerprint density at radius 1 is 1.22 bits per heavy atom. The van der Waals surface area contributed by atoms with E-state index >= 15 is 0 Å². The molecule has 1 aromatic heterocycles. The average molecular weight is 273 g/mol. The smallest absolute Gasteiger partial charge is 0.205 e. The second-order valence-corrected chi connectivity index (χ2v) is 6.00. The third-order valence-electron chi connectivity index (χ3n) is 1.98. The third kappa shape index (κ3) is 6.88. The standard InChI is InChI=1S/C12H23N3O2S/c1-5-6-13-11-15-14-10(18-11)9-16-7-8-17-12(2,3)4/h5-9H2,1-4H3,(H,13,15). The maximum absolute atomic E-state index is 5.56. The van der Waals surface area contributed by atoms with Crippen molar-refractivity contribution in [2.24, 2.45) is 0 Å². The van der Waals surface area contributed by atoms with Gasteiger partial charge in [0.05, 0.1) is 18.8 Å². The van der Waals surface area contributed by atoms with E-state index in [1.807, 2.05) is 20.8 Å². The minimum Gasteiger partial charge on any atom is -0.373 e. The highest BCUT2D eigenvalue weighted by molar-refractivity contribution is 7.15. The van der Waals surface area contributed by atoms with E-state index in [1.54, 1.807) is 0 Å². The molecule has 1 aromatic rings. The number of anilines is 1. The average Bonchev–Trinajstić information content (AvgIpc) is 2.72. The third-order valence-corrected chi connectivity index (χ3v) is 2.84. The molecule has 0 atom stereocenters. The number of hydrogen-bond acceptors (Lipinski definition) is 6. The highest BCUT2D eigenvalue weighted by Crippen LogP contribution is 2.15. The summed E-state index contributed by atoms with van der Waals surface area (Å²) in [7, 11) is 0. The van der Waals surface area contributed by atoms with E-state index in [9.17, 15) is 0 Å². The van der Waals surface area contributed by atoms with E-state index in [0.29, 0.717) is 19.8 Å². The van der Waals surface area contributed by atoms with Crippen LogP contribution in [-0.2, 0) is 16.1 Å². The molecule has 1 N–H and O–H groups in total. The van der Waals surface area contributed by atoms with Crippen molar-refractivity contribution in [1.82, 2.24) is 10.2 Å². The Morgan fingerprint density at radius 2 is 2.00 bits per heavy atom. The maximum atomic E-state index is 5.56. The summed E-state index contributed by atoms with van der Waals surface area (Å²) in [5, 5.41) is 13.0. The van der Waals surface area contributed by atoms with Crippen LogP contribution in [0.2, 0.25) is 0 Å². The second kappa shape index (κ2) is 7.66. The zero-order valence-electron chi connectivity index (χ0n) is 11.7. The van der Waals surface area contributed by atoms with Crippen LogP contribution >= 0.6 is 11.3 Å². The highest BCUT2D eigenvalue weighted by Gasteiger charge is 2.09. The largest absolute Gasteiger partial charge is 0.373 e. The SMILES string of the molecule is CCCNc1nnc(COCCOC(C)(C)C)s1. The van der Waals surface area contributed by atoms with Crippen LogP contribution in [0.15, 0.2) is 0 Å². The van der Waals surface area contributed by atoms with Gasteiger partial charge < -0.3 is 14.8 Å². The number of hydrogen-bond donors (Lipinski definition) is 1. The Bertz CT molecular complexity index is 336. The van der Waals surface area contributed by atoms with Crippen molar-refractivity contribution in [3.05, 3.63) is 5.01 Å². The summed E-state index contributed by atoms with van der Waals surface area (Å²) in [6.45, 7) is 10.8. The molecular formula is C12H23N3O2S. The molecule has 0 spiro atoms. The van der Waals surface area contributed by atoms with Crippen LogP contribution in [0.5, 0.6) is 0 Å². The number of nitrogens with one attached hydrogen (secondary N) is 1. The summed E-state index contributed by atoms with van der Waals surface area (Å²) < 4.78 is 11.0. The lowest BCUT2D eigenvalue weighted by Gasteiger charge is -2.19. The molecule has 0 unspecified atom stereocenters. The Morgan fingerprint density at radius 3 is 2.67 bits per heavy atom. The summed E-state index contributed by atoms with van der Waals surface area (Å²) in [4.78, 5) is 0. The first-order valence-electron chi connectivity index (χ1n) is 6.29. The molecule has 0 aromatic carbocycles. The zero-order chi connectivity index (χ0) is 13.4. The maximum Gasteiger partial charge on any atom is 0.205 e. The van der Waals surface area contributed by atoms with Gasteiger partial charge in [-0.2, -0.15) is 0 Å². The Hall–Kier alpha value is -0.720. The highest BCUT2D eigenvalue weighted by atomic mass is 32.1. The molecule has 0 amide bonds. The summed E-state index contributed by atoms with van der Waals surface area (Å²) in [6, 6.07) is 0. The molecule has 0 aliphatic rings. The molecule has 0 fully saturated rings. The van der Waals surface area contributed by atoms with E-state index in [-0.39, 0.29) is 5.60 Å². The second-order valence-electron chi connectivity index (χ2n) is 4.94. The fourth-order valence-electron chi connectivity index (χ4n) is 1.18. The van der Waals surface area contributed by atoms with E-state index in [0.717, 1.165) is 23.1 Å². The molecule has 0 aliphatic heterocycles. The Kier molecular flexibility index (Phi) is 6.52. The number of ether oxygens (including phenoxy) is 2. The van der Waals surface area contributed by atoms with Crippen LogP contribution in [0.1, 0.15) is 39.1 Å². The summed E-state index contributed by atoms with van der Waals surface area (Å²) in [5.41, 5.74) is -0.108. The van der Waals surface area contributed by atoms with Gasteiger partial charge >= 0.3 is 0 Å². The molecule has 0 saturated carbocycles. The molecule has 5 nitrogen and oxygen atoms in total. The van der Waals surface area contributed by atoms with Gasteiger partial charge in [-0.05, 0) is 27.2 Å². The summed E-state index contributed by atoms with van der Waals surface area (Å²) >= 11 is 1.54. The molecule has 1 heterocycles. The van der Waals surface area contributed by atoms with Crippen LogP contribution in [0, 0.1) is 0 Å². The van der Waals surface area contributed by atoms with Crippen molar-refractivity contribution in [3.8, 4) is 0 Å².